The number of amides is 1. The lowest BCUT2D eigenvalue weighted by Crippen LogP contribution is -2.19. The summed E-state index contributed by atoms with van der Waals surface area (Å²) in [6, 6.07) is 12.0. The molecule has 0 fully saturated rings. The monoisotopic (exact) mass is 384 g/mol. The average Bonchev–Trinajstić information content (AvgIpc) is 2.95. The third-order valence-electron chi connectivity index (χ3n) is 4.39. The zero-order valence-corrected chi connectivity index (χ0v) is 16.9. The van der Waals surface area contributed by atoms with Crippen molar-refractivity contribution in [2.75, 3.05) is 20.8 Å². The second-order valence-electron chi connectivity index (χ2n) is 6.49. The Hall–Kier alpha value is -2.44. The molecule has 0 aliphatic heterocycles. The SMILES string of the molecule is COCCn1c(=NC(=O)Cc2ccc(OC)c(C)c2)sc2cc(C)ccc21. The van der Waals surface area contributed by atoms with Gasteiger partial charge in [0.1, 0.15) is 5.75 Å². The Morgan fingerprint density at radius 3 is 2.67 bits per heavy atom. The van der Waals surface area contributed by atoms with Crippen LogP contribution in [0.1, 0.15) is 16.7 Å². The summed E-state index contributed by atoms with van der Waals surface area (Å²) in [4.78, 5) is 17.7. The van der Waals surface area contributed by atoms with Crippen LogP contribution in [-0.2, 0) is 22.5 Å². The van der Waals surface area contributed by atoms with Gasteiger partial charge in [0.2, 0.25) is 0 Å². The summed E-state index contributed by atoms with van der Waals surface area (Å²) < 4.78 is 13.7. The van der Waals surface area contributed by atoms with E-state index in [9.17, 15) is 4.79 Å². The van der Waals surface area contributed by atoms with Gasteiger partial charge < -0.3 is 14.0 Å². The molecule has 0 N–H and O–H groups in total. The van der Waals surface area contributed by atoms with E-state index in [1.165, 1.54) is 16.9 Å². The van der Waals surface area contributed by atoms with E-state index in [2.05, 4.69) is 34.7 Å². The number of thiazole rings is 1. The molecule has 142 valence electrons. The van der Waals surface area contributed by atoms with E-state index >= 15 is 0 Å². The van der Waals surface area contributed by atoms with Crippen LogP contribution in [0.15, 0.2) is 41.4 Å². The number of aromatic nitrogens is 1. The van der Waals surface area contributed by atoms with Gasteiger partial charge in [-0.2, -0.15) is 4.99 Å². The highest BCUT2D eigenvalue weighted by molar-refractivity contribution is 7.16. The van der Waals surface area contributed by atoms with E-state index < -0.39 is 0 Å². The molecule has 0 aliphatic rings. The summed E-state index contributed by atoms with van der Waals surface area (Å²) in [6.45, 7) is 5.26. The molecule has 0 bridgehead atoms. The number of rotatable bonds is 6. The lowest BCUT2D eigenvalue weighted by molar-refractivity contribution is -0.117. The Morgan fingerprint density at radius 1 is 1.15 bits per heavy atom. The van der Waals surface area contributed by atoms with Crippen LogP contribution in [-0.4, -0.2) is 31.3 Å². The summed E-state index contributed by atoms with van der Waals surface area (Å²) in [5.41, 5.74) is 4.21. The van der Waals surface area contributed by atoms with Crippen LogP contribution in [0.4, 0.5) is 0 Å². The molecular weight excluding hydrogens is 360 g/mol. The Bertz CT molecular complexity index is 1030. The fourth-order valence-electron chi connectivity index (χ4n) is 3.04. The lowest BCUT2D eigenvalue weighted by Gasteiger charge is -2.06. The van der Waals surface area contributed by atoms with Crippen molar-refractivity contribution in [2.45, 2.75) is 26.8 Å². The minimum atomic E-state index is -0.158. The molecule has 1 heterocycles. The van der Waals surface area contributed by atoms with Gasteiger partial charge in [-0.15, -0.1) is 0 Å². The second kappa shape index (κ2) is 8.50. The quantitative estimate of drug-likeness (QED) is 0.652. The Kier molecular flexibility index (Phi) is 6.08. The highest BCUT2D eigenvalue weighted by Crippen LogP contribution is 2.20. The van der Waals surface area contributed by atoms with Crippen LogP contribution < -0.4 is 9.54 Å². The summed E-state index contributed by atoms with van der Waals surface area (Å²) in [6.07, 6.45) is 0.266. The van der Waals surface area contributed by atoms with Crippen molar-refractivity contribution in [2.24, 2.45) is 4.99 Å². The molecule has 6 heteroatoms. The predicted molar refractivity (Wildman–Crippen MR) is 108 cm³/mol. The molecule has 0 saturated carbocycles. The molecule has 1 amide bonds. The number of carbonyl (C=O) groups is 1. The van der Waals surface area contributed by atoms with Gasteiger partial charge in [-0.25, -0.2) is 0 Å². The van der Waals surface area contributed by atoms with Crippen LogP contribution in [0.3, 0.4) is 0 Å². The molecule has 0 aliphatic carbocycles. The first-order valence-electron chi connectivity index (χ1n) is 8.82. The molecule has 0 radical (unpaired) electrons. The highest BCUT2D eigenvalue weighted by Gasteiger charge is 2.09. The highest BCUT2D eigenvalue weighted by atomic mass is 32.1. The van der Waals surface area contributed by atoms with Gasteiger partial charge in [-0.3, -0.25) is 4.79 Å². The van der Waals surface area contributed by atoms with Crippen molar-refractivity contribution in [1.82, 2.24) is 4.57 Å². The molecule has 3 rings (SSSR count). The van der Waals surface area contributed by atoms with Gasteiger partial charge in [0.15, 0.2) is 4.80 Å². The number of hydrogen-bond acceptors (Lipinski definition) is 4. The predicted octanol–water partition coefficient (Wildman–Crippen LogP) is 3.64. The molecule has 0 saturated heterocycles. The molecule has 0 atom stereocenters. The van der Waals surface area contributed by atoms with Crippen LogP contribution in [0, 0.1) is 13.8 Å². The first-order chi connectivity index (χ1) is 13.0. The maximum atomic E-state index is 12.6. The van der Waals surface area contributed by atoms with Crippen molar-refractivity contribution < 1.29 is 14.3 Å². The summed E-state index contributed by atoms with van der Waals surface area (Å²) in [5.74, 6) is 0.662. The first kappa shape index (κ1) is 19.3. The number of benzene rings is 2. The number of carbonyl (C=O) groups excluding carboxylic acids is 1. The van der Waals surface area contributed by atoms with Gasteiger partial charge in [-0.1, -0.05) is 29.5 Å². The van der Waals surface area contributed by atoms with Crippen LogP contribution in [0.5, 0.6) is 5.75 Å². The van der Waals surface area contributed by atoms with Gasteiger partial charge in [0.25, 0.3) is 5.91 Å². The van der Waals surface area contributed by atoms with Crippen LogP contribution >= 0.6 is 11.3 Å². The average molecular weight is 385 g/mol. The van der Waals surface area contributed by atoms with Crippen molar-refractivity contribution in [3.05, 3.63) is 57.9 Å². The number of fused-ring (bicyclic) bond motifs is 1. The normalized spacial score (nSPS) is 11.9. The van der Waals surface area contributed by atoms with E-state index in [1.54, 1.807) is 14.2 Å². The third kappa shape index (κ3) is 4.46. The molecule has 5 nitrogen and oxygen atoms in total. The fourth-order valence-corrected chi connectivity index (χ4v) is 4.21. The van der Waals surface area contributed by atoms with Gasteiger partial charge in [0, 0.05) is 13.7 Å². The van der Waals surface area contributed by atoms with E-state index in [0.29, 0.717) is 18.0 Å². The maximum absolute atomic E-state index is 12.6. The first-order valence-corrected chi connectivity index (χ1v) is 9.63. The van der Waals surface area contributed by atoms with Crippen LogP contribution in [0.2, 0.25) is 0 Å². The fraction of sp³-hybridized carbons (Fsp3) is 0.333. The number of methoxy groups -OCH3 is 2. The summed E-state index contributed by atoms with van der Waals surface area (Å²) in [7, 11) is 3.32. The number of aryl methyl sites for hydroxylation is 2. The van der Waals surface area contributed by atoms with Crippen molar-refractivity contribution in [1.29, 1.82) is 0 Å². The van der Waals surface area contributed by atoms with Crippen molar-refractivity contribution in [3.63, 3.8) is 0 Å². The maximum Gasteiger partial charge on any atom is 0.252 e. The Labute approximate surface area is 162 Å². The molecule has 0 spiro atoms. The van der Waals surface area contributed by atoms with E-state index in [4.69, 9.17) is 9.47 Å². The van der Waals surface area contributed by atoms with E-state index in [0.717, 1.165) is 27.1 Å². The molecule has 1 aromatic heterocycles. The summed E-state index contributed by atoms with van der Waals surface area (Å²) >= 11 is 1.54. The standard InChI is InChI=1S/C21H24N2O3S/c1-14-5-7-17-19(11-14)27-21(23(17)9-10-25-3)22-20(24)13-16-6-8-18(26-4)15(2)12-16/h5-8,11-12H,9-10,13H2,1-4H3. The number of ether oxygens (including phenoxy) is 2. The third-order valence-corrected chi connectivity index (χ3v) is 5.43. The molecule has 2 aromatic carbocycles. The van der Waals surface area contributed by atoms with Gasteiger partial charge >= 0.3 is 0 Å². The smallest absolute Gasteiger partial charge is 0.252 e. The van der Waals surface area contributed by atoms with E-state index in [-0.39, 0.29) is 12.3 Å². The number of hydrogen-bond donors (Lipinski definition) is 0. The van der Waals surface area contributed by atoms with Gasteiger partial charge in [0.05, 0.1) is 30.4 Å². The van der Waals surface area contributed by atoms with Gasteiger partial charge in [-0.05, 0) is 48.7 Å². The zero-order chi connectivity index (χ0) is 19.4. The minimum Gasteiger partial charge on any atom is -0.496 e. The Balaban J connectivity index is 1.93. The lowest BCUT2D eigenvalue weighted by atomic mass is 10.1. The second-order valence-corrected chi connectivity index (χ2v) is 7.50. The zero-order valence-electron chi connectivity index (χ0n) is 16.1. The number of nitrogens with zero attached hydrogens (tertiary/aromatic N) is 2. The largest absolute Gasteiger partial charge is 0.496 e. The Morgan fingerprint density at radius 2 is 1.96 bits per heavy atom. The van der Waals surface area contributed by atoms with Crippen molar-refractivity contribution in [3.8, 4) is 5.75 Å². The van der Waals surface area contributed by atoms with Crippen molar-refractivity contribution >= 4 is 27.5 Å². The molecule has 0 unspecified atom stereocenters. The molecule has 3 aromatic rings. The van der Waals surface area contributed by atoms with E-state index in [1.807, 2.05) is 25.1 Å². The molecular formula is C21H24N2O3S. The topological polar surface area (TPSA) is 52.8 Å². The minimum absolute atomic E-state index is 0.158. The summed E-state index contributed by atoms with van der Waals surface area (Å²) in [5, 5.41) is 0. The van der Waals surface area contributed by atoms with Crippen LogP contribution in [0.25, 0.3) is 10.2 Å². The molecule has 27 heavy (non-hydrogen) atoms.